The summed E-state index contributed by atoms with van der Waals surface area (Å²) in [4.78, 5) is 6.90. The first-order valence-electron chi connectivity index (χ1n) is 7.33. The van der Waals surface area contributed by atoms with Crippen molar-refractivity contribution < 1.29 is 4.52 Å². The van der Waals surface area contributed by atoms with Crippen LogP contribution in [-0.2, 0) is 6.54 Å². The lowest BCUT2D eigenvalue weighted by Crippen LogP contribution is -2.33. The van der Waals surface area contributed by atoms with Crippen LogP contribution < -0.4 is 5.32 Å². The Morgan fingerprint density at radius 1 is 1.24 bits per heavy atom. The Hall–Kier alpha value is -1.24. The van der Waals surface area contributed by atoms with Gasteiger partial charge in [-0.1, -0.05) is 33.2 Å². The van der Waals surface area contributed by atoms with Crippen LogP contribution in [-0.4, -0.2) is 41.2 Å². The minimum atomic E-state index is 0.653. The highest BCUT2D eigenvalue weighted by molar-refractivity contribution is 9.10. The maximum absolute atomic E-state index is 5.40. The van der Waals surface area contributed by atoms with Crippen molar-refractivity contribution in [2.24, 2.45) is 0 Å². The zero-order valence-corrected chi connectivity index (χ0v) is 13.5. The summed E-state index contributed by atoms with van der Waals surface area (Å²) < 4.78 is 6.42. The molecule has 2 heterocycles. The molecule has 3 rings (SSSR count). The molecule has 0 atom stereocenters. The first kappa shape index (κ1) is 14.7. The number of benzene rings is 1. The molecule has 0 unspecified atom stereocenters. The number of aromatic nitrogens is 2. The largest absolute Gasteiger partial charge is 0.338 e. The van der Waals surface area contributed by atoms with E-state index in [1.807, 2.05) is 24.3 Å². The number of hydrogen-bond donors (Lipinski definition) is 1. The molecular weight excluding hydrogens is 332 g/mol. The summed E-state index contributed by atoms with van der Waals surface area (Å²) in [7, 11) is 0. The Labute approximate surface area is 132 Å². The second kappa shape index (κ2) is 7.15. The Balaban J connectivity index is 1.67. The lowest BCUT2D eigenvalue weighted by molar-refractivity contribution is 0.212. The van der Waals surface area contributed by atoms with Crippen LogP contribution in [0.3, 0.4) is 0 Å². The molecule has 0 spiro atoms. The lowest BCUT2D eigenvalue weighted by atomic mass is 10.2. The maximum atomic E-state index is 5.40. The van der Waals surface area contributed by atoms with Crippen LogP contribution in [0.5, 0.6) is 0 Å². The van der Waals surface area contributed by atoms with E-state index in [4.69, 9.17) is 4.52 Å². The standard InChI is InChI=1S/C15H19BrN4O/c16-13-5-1-4-12(10-13)15-18-14(21-19-15)11-20-8-2-6-17-7-3-9-20/h1,4-5,10,17H,2-3,6-9,11H2. The molecule has 1 aliphatic rings. The summed E-state index contributed by atoms with van der Waals surface area (Å²) in [6, 6.07) is 7.94. The van der Waals surface area contributed by atoms with Crippen LogP contribution >= 0.6 is 15.9 Å². The van der Waals surface area contributed by atoms with Gasteiger partial charge < -0.3 is 9.84 Å². The molecule has 0 aliphatic carbocycles. The molecule has 0 radical (unpaired) electrons. The van der Waals surface area contributed by atoms with Gasteiger partial charge in [0.2, 0.25) is 11.7 Å². The number of nitrogens with zero attached hydrogens (tertiary/aromatic N) is 3. The highest BCUT2D eigenvalue weighted by Crippen LogP contribution is 2.20. The Morgan fingerprint density at radius 3 is 2.81 bits per heavy atom. The van der Waals surface area contributed by atoms with Gasteiger partial charge in [-0.05, 0) is 51.2 Å². The fraction of sp³-hybridized carbons (Fsp3) is 0.467. The van der Waals surface area contributed by atoms with Gasteiger partial charge in [-0.3, -0.25) is 4.90 Å². The lowest BCUT2D eigenvalue weighted by Gasteiger charge is -2.22. The first-order valence-corrected chi connectivity index (χ1v) is 8.12. The van der Waals surface area contributed by atoms with E-state index in [2.05, 4.69) is 36.3 Å². The van der Waals surface area contributed by atoms with Crippen molar-refractivity contribution in [2.45, 2.75) is 19.4 Å². The minimum Gasteiger partial charge on any atom is -0.338 e. The zero-order valence-electron chi connectivity index (χ0n) is 11.9. The molecule has 5 nitrogen and oxygen atoms in total. The SMILES string of the molecule is Brc1cccc(-c2noc(CN3CCCNCCC3)n2)c1. The van der Waals surface area contributed by atoms with Gasteiger partial charge in [0.25, 0.3) is 0 Å². The van der Waals surface area contributed by atoms with E-state index < -0.39 is 0 Å². The van der Waals surface area contributed by atoms with Crippen molar-refractivity contribution in [3.05, 3.63) is 34.6 Å². The molecule has 1 N–H and O–H groups in total. The highest BCUT2D eigenvalue weighted by Gasteiger charge is 2.14. The summed E-state index contributed by atoms with van der Waals surface area (Å²) in [5, 5.41) is 7.51. The van der Waals surface area contributed by atoms with Crippen LogP contribution in [0, 0.1) is 0 Å². The molecule has 1 fully saturated rings. The van der Waals surface area contributed by atoms with Crippen molar-refractivity contribution in [1.29, 1.82) is 0 Å². The summed E-state index contributed by atoms with van der Waals surface area (Å²) in [5.74, 6) is 1.35. The van der Waals surface area contributed by atoms with Gasteiger partial charge in [-0.2, -0.15) is 4.98 Å². The van der Waals surface area contributed by atoms with Gasteiger partial charge in [0.15, 0.2) is 0 Å². The predicted octanol–water partition coefficient (Wildman–Crippen LogP) is 2.68. The third-order valence-electron chi connectivity index (χ3n) is 3.57. The van der Waals surface area contributed by atoms with Gasteiger partial charge in [0.1, 0.15) is 0 Å². The van der Waals surface area contributed by atoms with E-state index in [1.54, 1.807) is 0 Å². The molecule has 21 heavy (non-hydrogen) atoms. The minimum absolute atomic E-state index is 0.653. The molecule has 0 bridgehead atoms. The smallest absolute Gasteiger partial charge is 0.241 e. The van der Waals surface area contributed by atoms with Gasteiger partial charge >= 0.3 is 0 Å². The van der Waals surface area contributed by atoms with Crippen LogP contribution in [0.4, 0.5) is 0 Å². The van der Waals surface area contributed by atoms with Gasteiger partial charge in [-0.15, -0.1) is 0 Å². The van der Waals surface area contributed by atoms with Crippen molar-refractivity contribution >= 4 is 15.9 Å². The number of nitrogens with one attached hydrogen (secondary N) is 1. The quantitative estimate of drug-likeness (QED) is 0.922. The number of halogens is 1. The fourth-order valence-electron chi connectivity index (χ4n) is 2.51. The Morgan fingerprint density at radius 2 is 2.05 bits per heavy atom. The van der Waals surface area contributed by atoms with E-state index in [-0.39, 0.29) is 0 Å². The summed E-state index contributed by atoms with van der Waals surface area (Å²) in [5.41, 5.74) is 0.969. The summed E-state index contributed by atoms with van der Waals surface area (Å²) in [6.45, 7) is 5.05. The Bertz CT molecular complexity index is 579. The second-order valence-electron chi connectivity index (χ2n) is 5.26. The van der Waals surface area contributed by atoms with Crippen LogP contribution in [0.15, 0.2) is 33.3 Å². The molecule has 1 aromatic carbocycles. The third-order valence-corrected chi connectivity index (χ3v) is 4.06. The molecule has 1 aliphatic heterocycles. The molecule has 0 saturated carbocycles. The first-order chi connectivity index (χ1) is 10.3. The van der Waals surface area contributed by atoms with E-state index in [0.29, 0.717) is 11.7 Å². The fourth-order valence-corrected chi connectivity index (χ4v) is 2.90. The van der Waals surface area contributed by atoms with E-state index in [9.17, 15) is 0 Å². The summed E-state index contributed by atoms with van der Waals surface area (Å²) in [6.07, 6.45) is 2.32. The average Bonchev–Trinajstić information content (AvgIpc) is 2.90. The molecule has 1 saturated heterocycles. The molecule has 112 valence electrons. The van der Waals surface area contributed by atoms with Gasteiger partial charge in [0.05, 0.1) is 6.54 Å². The predicted molar refractivity (Wildman–Crippen MR) is 84.8 cm³/mol. The molecule has 1 aromatic heterocycles. The van der Waals surface area contributed by atoms with Crippen molar-refractivity contribution in [2.75, 3.05) is 26.2 Å². The molecule has 2 aromatic rings. The van der Waals surface area contributed by atoms with E-state index in [0.717, 1.165) is 55.6 Å². The Kier molecular flexibility index (Phi) is 5.00. The third kappa shape index (κ3) is 4.12. The maximum Gasteiger partial charge on any atom is 0.241 e. The normalized spacial score (nSPS) is 17.4. The van der Waals surface area contributed by atoms with Crippen molar-refractivity contribution in [3.63, 3.8) is 0 Å². The molecule has 0 amide bonds. The van der Waals surface area contributed by atoms with Crippen LogP contribution in [0.25, 0.3) is 11.4 Å². The van der Waals surface area contributed by atoms with Crippen molar-refractivity contribution in [3.8, 4) is 11.4 Å². The number of rotatable bonds is 3. The van der Waals surface area contributed by atoms with Gasteiger partial charge in [0, 0.05) is 10.0 Å². The summed E-state index contributed by atoms with van der Waals surface area (Å²) >= 11 is 3.46. The van der Waals surface area contributed by atoms with Crippen LogP contribution in [0.2, 0.25) is 0 Å². The monoisotopic (exact) mass is 350 g/mol. The number of hydrogen-bond acceptors (Lipinski definition) is 5. The topological polar surface area (TPSA) is 54.2 Å². The van der Waals surface area contributed by atoms with Crippen molar-refractivity contribution in [1.82, 2.24) is 20.4 Å². The van der Waals surface area contributed by atoms with E-state index >= 15 is 0 Å². The second-order valence-corrected chi connectivity index (χ2v) is 6.17. The van der Waals surface area contributed by atoms with Gasteiger partial charge in [-0.25, -0.2) is 0 Å². The zero-order chi connectivity index (χ0) is 14.5. The van der Waals surface area contributed by atoms with Crippen LogP contribution in [0.1, 0.15) is 18.7 Å². The molecular formula is C15H19BrN4O. The molecule has 6 heteroatoms. The van der Waals surface area contributed by atoms with E-state index in [1.165, 1.54) is 0 Å². The highest BCUT2D eigenvalue weighted by atomic mass is 79.9. The average molecular weight is 351 g/mol.